The number of fused-ring (bicyclic) bond motifs is 3. The van der Waals surface area contributed by atoms with Crippen LogP contribution in [0.25, 0.3) is 11.1 Å². The molecule has 0 heterocycles. The minimum atomic E-state index is 0.216. The number of halogens is 1. The average molecular weight is 277 g/mol. The molecule has 2 aromatic rings. The quantitative estimate of drug-likeness (QED) is 0.676. The standard InChI is InChI=1S/C13H9BrS/c14-8-5-6-10-9-3-1-2-4-11(9)13(15)12(10)7-8/h1-7,13,15H. The molecular weight excluding hydrogens is 268 g/mol. The second-order valence-electron chi connectivity index (χ2n) is 3.72. The Balaban J connectivity index is 2.32. The zero-order valence-electron chi connectivity index (χ0n) is 7.94. The number of thiol groups is 1. The van der Waals surface area contributed by atoms with Gasteiger partial charge in [-0.25, -0.2) is 0 Å². The molecule has 0 radical (unpaired) electrons. The number of hydrogen-bond donors (Lipinski definition) is 1. The smallest absolute Gasteiger partial charge is 0.0529 e. The summed E-state index contributed by atoms with van der Waals surface area (Å²) in [5.41, 5.74) is 5.25. The molecule has 0 saturated heterocycles. The molecular formula is C13H9BrS. The normalized spacial score (nSPS) is 17.3. The summed E-state index contributed by atoms with van der Waals surface area (Å²) in [4.78, 5) is 0. The number of hydrogen-bond acceptors (Lipinski definition) is 1. The summed E-state index contributed by atoms with van der Waals surface area (Å²) >= 11 is 8.18. The van der Waals surface area contributed by atoms with Gasteiger partial charge in [0.25, 0.3) is 0 Å². The fraction of sp³-hybridized carbons (Fsp3) is 0.0769. The van der Waals surface area contributed by atoms with Gasteiger partial charge >= 0.3 is 0 Å². The monoisotopic (exact) mass is 276 g/mol. The van der Waals surface area contributed by atoms with E-state index in [1.807, 2.05) is 0 Å². The molecule has 0 aromatic heterocycles. The minimum Gasteiger partial charge on any atom is -0.166 e. The molecule has 0 bridgehead atoms. The molecule has 0 aliphatic heterocycles. The van der Waals surface area contributed by atoms with E-state index in [1.54, 1.807) is 0 Å². The van der Waals surface area contributed by atoms with Gasteiger partial charge in [0, 0.05) is 4.47 Å². The SMILES string of the molecule is SC1c2ccccc2-c2ccc(Br)cc21. The van der Waals surface area contributed by atoms with E-state index in [-0.39, 0.29) is 5.25 Å². The Labute approximate surface area is 103 Å². The van der Waals surface area contributed by atoms with Crippen LogP contribution in [-0.4, -0.2) is 0 Å². The van der Waals surface area contributed by atoms with Crippen LogP contribution in [0.5, 0.6) is 0 Å². The van der Waals surface area contributed by atoms with E-state index < -0.39 is 0 Å². The van der Waals surface area contributed by atoms with Gasteiger partial charge in [0.15, 0.2) is 0 Å². The van der Waals surface area contributed by atoms with E-state index >= 15 is 0 Å². The summed E-state index contributed by atoms with van der Waals surface area (Å²) in [6.45, 7) is 0. The molecule has 2 heteroatoms. The molecule has 1 atom stereocenters. The Bertz CT molecular complexity index is 534. The largest absolute Gasteiger partial charge is 0.166 e. The highest BCUT2D eigenvalue weighted by Gasteiger charge is 2.25. The first-order chi connectivity index (χ1) is 7.27. The maximum Gasteiger partial charge on any atom is 0.0529 e. The van der Waals surface area contributed by atoms with Gasteiger partial charge in [0.2, 0.25) is 0 Å². The highest BCUT2D eigenvalue weighted by molar-refractivity contribution is 9.10. The third-order valence-electron chi connectivity index (χ3n) is 2.85. The van der Waals surface area contributed by atoms with Crippen LogP contribution in [0.15, 0.2) is 46.9 Å². The van der Waals surface area contributed by atoms with Crippen molar-refractivity contribution in [2.45, 2.75) is 5.25 Å². The molecule has 1 unspecified atom stereocenters. The summed E-state index contributed by atoms with van der Waals surface area (Å²) in [6.07, 6.45) is 0. The van der Waals surface area contributed by atoms with Crippen molar-refractivity contribution in [3.63, 3.8) is 0 Å². The Morgan fingerprint density at radius 2 is 1.67 bits per heavy atom. The van der Waals surface area contributed by atoms with Gasteiger partial charge in [-0.1, -0.05) is 46.3 Å². The molecule has 0 spiro atoms. The third-order valence-corrected chi connectivity index (χ3v) is 3.90. The fourth-order valence-electron chi connectivity index (χ4n) is 2.15. The van der Waals surface area contributed by atoms with Crippen molar-refractivity contribution in [2.24, 2.45) is 0 Å². The lowest BCUT2D eigenvalue weighted by molar-refractivity contribution is 1.23. The first-order valence-corrected chi connectivity index (χ1v) is 6.15. The molecule has 0 N–H and O–H groups in total. The first kappa shape index (κ1) is 9.49. The summed E-state index contributed by atoms with van der Waals surface area (Å²) in [7, 11) is 0. The van der Waals surface area contributed by atoms with Gasteiger partial charge < -0.3 is 0 Å². The number of benzene rings is 2. The summed E-state index contributed by atoms with van der Waals surface area (Å²) < 4.78 is 1.12. The number of rotatable bonds is 0. The van der Waals surface area contributed by atoms with Gasteiger partial charge in [0.05, 0.1) is 5.25 Å². The van der Waals surface area contributed by atoms with Crippen molar-refractivity contribution in [2.75, 3.05) is 0 Å². The van der Waals surface area contributed by atoms with Crippen LogP contribution in [0.3, 0.4) is 0 Å². The Morgan fingerprint density at radius 3 is 2.53 bits per heavy atom. The molecule has 2 aromatic carbocycles. The van der Waals surface area contributed by atoms with Crippen molar-refractivity contribution in [3.05, 3.63) is 58.1 Å². The van der Waals surface area contributed by atoms with Crippen LogP contribution in [-0.2, 0) is 0 Å². The van der Waals surface area contributed by atoms with Crippen LogP contribution in [0.1, 0.15) is 16.4 Å². The molecule has 1 aliphatic rings. The molecule has 3 rings (SSSR count). The van der Waals surface area contributed by atoms with Crippen LogP contribution >= 0.6 is 28.6 Å². The maximum absolute atomic E-state index is 4.68. The molecule has 0 amide bonds. The second-order valence-corrected chi connectivity index (χ2v) is 5.15. The van der Waals surface area contributed by atoms with E-state index in [9.17, 15) is 0 Å². The minimum absolute atomic E-state index is 0.216. The first-order valence-electron chi connectivity index (χ1n) is 4.84. The Morgan fingerprint density at radius 1 is 0.933 bits per heavy atom. The van der Waals surface area contributed by atoms with E-state index in [4.69, 9.17) is 0 Å². The van der Waals surface area contributed by atoms with E-state index in [2.05, 4.69) is 71.0 Å². The second kappa shape index (κ2) is 3.39. The predicted octanol–water partition coefficient (Wildman–Crippen LogP) is 4.45. The lowest BCUT2D eigenvalue weighted by atomic mass is 10.1. The van der Waals surface area contributed by atoms with Crippen molar-refractivity contribution in [1.82, 2.24) is 0 Å². The highest BCUT2D eigenvalue weighted by atomic mass is 79.9. The van der Waals surface area contributed by atoms with Crippen LogP contribution in [0, 0.1) is 0 Å². The zero-order chi connectivity index (χ0) is 10.4. The van der Waals surface area contributed by atoms with Crippen LogP contribution < -0.4 is 0 Å². The van der Waals surface area contributed by atoms with E-state index in [1.165, 1.54) is 22.3 Å². The molecule has 74 valence electrons. The topological polar surface area (TPSA) is 0 Å². The molecule has 0 nitrogen and oxygen atoms in total. The lowest BCUT2D eigenvalue weighted by Crippen LogP contribution is -1.85. The van der Waals surface area contributed by atoms with Gasteiger partial charge in [-0.3, -0.25) is 0 Å². The van der Waals surface area contributed by atoms with Gasteiger partial charge in [-0.05, 0) is 34.4 Å². The Kier molecular flexibility index (Phi) is 2.15. The molecule has 0 fully saturated rings. The lowest BCUT2D eigenvalue weighted by Gasteiger charge is -2.04. The van der Waals surface area contributed by atoms with Crippen LogP contribution in [0.4, 0.5) is 0 Å². The molecule has 0 saturated carbocycles. The molecule has 1 aliphatic carbocycles. The van der Waals surface area contributed by atoms with Crippen molar-refractivity contribution < 1.29 is 0 Å². The predicted molar refractivity (Wildman–Crippen MR) is 70.4 cm³/mol. The zero-order valence-corrected chi connectivity index (χ0v) is 10.4. The van der Waals surface area contributed by atoms with Crippen LogP contribution in [0.2, 0.25) is 0 Å². The van der Waals surface area contributed by atoms with Crippen molar-refractivity contribution >= 4 is 28.6 Å². The average Bonchev–Trinajstić information content (AvgIpc) is 2.54. The summed E-state index contributed by atoms with van der Waals surface area (Å²) in [5, 5.41) is 0.216. The summed E-state index contributed by atoms with van der Waals surface area (Å²) in [5.74, 6) is 0. The van der Waals surface area contributed by atoms with Gasteiger partial charge in [0.1, 0.15) is 0 Å². The highest BCUT2D eigenvalue weighted by Crippen LogP contribution is 2.47. The van der Waals surface area contributed by atoms with E-state index in [0.29, 0.717) is 0 Å². The molecule has 15 heavy (non-hydrogen) atoms. The van der Waals surface area contributed by atoms with E-state index in [0.717, 1.165) is 4.47 Å². The summed E-state index contributed by atoms with van der Waals surface area (Å²) in [6, 6.07) is 14.9. The third kappa shape index (κ3) is 1.35. The van der Waals surface area contributed by atoms with Gasteiger partial charge in [-0.15, -0.1) is 0 Å². The maximum atomic E-state index is 4.68. The fourth-order valence-corrected chi connectivity index (χ4v) is 2.97. The van der Waals surface area contributed by atoms with Gasteiger partial charge in [-0.2, -0.15) is 12.6 Å². The van der Waals surface area contributed by atoms with Crippen molar-refractivity contribution in [3.8, 4) is 11.1 Å². The Hall–Kier alpha value is -0.730. The van der Waals surface area contributed by atoms with Crippen molar-refractivity contribution in [1.29, 1.82) is 0 Å².